The van der Waals surface area contributed by atoms with E-state index in [4.69, 9.17) is 4.74 Å². The van der Waals surface area contributed by atoms with Crippen molar-refractivity contribution in [3.8, 4) is 16.8 Å². The predicted octanol–water partition coefficient (Wildman–Crippen LogP) is 2.37. The van der Waals surface area contributed by atoms with Gasteiger partial charge in [-0.1, -0.05) is 6.07 Å². The minimum atomic E-state index is -0.374. The van der Waals surface area contributed by atoms with Gasteiger partial charge in [0.1, 0.15) is 5.82 Å². The number of hydrogen-bond acceptors (Lipinski definition) is 6. The van der Waals surface area contributed by atoms with Crippen molar-refractivity contribution >= 4 is 17.0 Å². The molecule has 0 aliphatic heterocycles. The van der Waals surface area contributed by atoms with Crippen LogP contribution in [0.1, 0.15) is 0 Å². The molecular formula is C19H17FN6O2. The molecule has 0 amide bonds. The molecule has 0 unspecified atom stereocenters. The van der Waals surface area contributed by atoms with Crippen molar-refractivity contribution in [1.82, 2.24) is 24.5 Å². The number of aromatic nitrogens is 5. The molecule has 0 saturated heterocycles. The van der Waals surface area contributed by atoms with Gasteiger partial charge in [-0.2, -0.15) is 0 Å². The molecule has 1 aromatic carbocycles. The Labute approximate surface area is 159 Å². The number of benzene rings is 1. The second-order valence-electron chi connectivity index (χ2n) is 6.04. The van der Waals surface area contributed by atoms with Gasteiger partial charge < -0.3 is 19.6 Å². The zero-order chi connectivity index (χ0) is 19.5. The lowest BCUT2D eigenvalue weighted by molar-refractivity contribution is 0.210. The van der Waals surface area contributed by atoms with Gasteiger partial charge in [-0.25, -0.2) is 19.3 Å². The zero-order valence-corrected chi connectivity index (χ0v) is 15.0. The molecule has 4 aromatic rings. The topological polar surface area (TPSA) is 97.7 Å². The molecule has 28 heavy (non-hydrogen) atoms. The van der Waals surface area contributed by atoms with Crippen LogP contribution in [0.3, 0.4) is 0 Å². The normalized spacial score (nSPS) is 11.1. The number of ether oxygens (including phenoxy) is 1. The predicted molar refractivity (Wildman–Crippen MR) is 103 cm³/mol. The SMILES string of the molecule is COCCNc1ncc(-c2cn(-c3cccc(F)c3)c3nc[nH]c(=O)c23)cn1. The molecular weight excluding hydrogens is 363 g/mol. The first-order chi connectivity index (χ1) is 13.7. The average Bonchev–Trinajstić information content (AvgIpc) is 3.10. The van der Waals surface area contributed by atoms with Crippen LogP contribution in [0, 0.1) is 5.82 Å². The molecule has 142 valence electrons. The lowest BCUT2D eigenvalue weighted by Gasteiger charge is -2.04. The maximum Gasteiger partial charge on any atom is 0.260 e. The van der Waals surface area contributed by atoms with E-state index in [9.17, 15) is 9.18 Å². The number of hydrogen-bond donors (Lipinski definition) is 2. The van der Waals surface area contributed by atoms with Crippen LogP contribution in [-0.2, 0) is 4.74 Å². The number of anilines is 1. The van der Waals surface area contributed by atoms with Crippen LogP contribution < -0.4 is 10.9 Å². The number of nitrogens with one attached hydrogen (secondary N) is 2. The first-order valence-electron chi connectivity index (χ1n) is 8.57. The van der Waals surface area contributed by atoms with Crippen LogP contribution in [0.25, 0.3) is 27.8 Å². The summed E-state index contributed by atoms with van der Waals surface area (Å²) in [5.41, 5.74) is 1.95. The molecule has 0 bridgehead atoms. The van der Waals surface area contributed by atoms with E-state index >= 15 is 0 Å². The highest BCUT2D eigenvalue weighted by molar-refractivity contribution is 5.94. The number of methoxy groups -OCH3 is 1. The molecule has 0 spiro atoms. The molecule has 0 saturated carbocycles. The van der Waals surface area contributed by atoms with Gasteiger partial charge in [0.15, 0.2) is 5.65 Å². The largest absolute Gasteiger partial charge is 0.383 e. The Bertz CT molecular complexity index is 1170. The third kappa shape index (κ3) is 3.35. The van der Waals surface area contributed by atoms with E-state index in [1.807, 2.05) is 0 Å². The van der Waals surface area contributed by atoms with E-state index in [1.54, 1.807) is 42.4 Å². The fourth-order valence-electron chi connectivity index (χ4n) is 2.94. The second kappa shape index (κ2) is 7.57. The van der Waals surface area contributed by atoms with Gasteiger partial charge in [0.25, 0.3) is 5.56 Å². The number of nitrogens with zero attached hydrogens (tertiary/aromatic N) is 4. The third-order valence-corrected chi connectivity index (χ3v) is 4.23. The number of rotatable bonds is 6. The molecule has 3 heterocycles. The first-order valence-corrected chi connectivity index (χ1v) is 8.57. The summed E-state index contributed by atoms with van der Waals surface area (Å²) in [7, 11) is 1.62. The molecule has 2 N–H and O–H groups in total. The van der Waals surface area contributed by atoms with E-state index < -0.39 is 0 Å². The van der Waals surface area contributed by atoms with Crippen LogP contribution >= 0.6 is 0 Å². The summed E-state index contributed by atoms with van der Waals surface area (Å²) in [5.74, 6) is 0.0854. The summed E-state index contributed by atoms with van der Waals surface area (Å²) in [6, 6.07) is 6.09. The van der Waals surface area contributed by atoms with Gasteiger partial charge in [-0.05, 0) is 18.2 Å². The van der Waals surface area contributed by atoms with Crippen molar-refractivity contribution in [2.45, 2.75) is 0 Å². The van der Waals surface area contributed by atoms with Crippen molar-refractivity contribution in [2.24, 2.45) is 0 Å². The molecule has 3 aromatic heterocycles. The van der Waals surface area contributed by atoms with Crippen LogP contribution in [0.4, 0.5) is 10.3 Å². The zero-order valence-electron chi connectivity index (χ0n) is 15.0. The molecule has 9 heteroatoms. The van der Waals surface area contributed by atoms with Crippen molar-refractivity contribution in [2.75, 3.05) is 25.6 Å². The van der Waals surface area contributed by atoms with Gasteiger partial charge in [0.2, 0.25) is 5.95 Å². The number of halogens is 1. The molecule has 8 nitrogen and oxygen atoms in total. The van der Waals surface area contributed by atoms with Gasteiger partial charge >= 0.3 is 0 Å². The lowest BCUT2D eigenvalue weighted by atomic mass is 10.1. The lowest BCUT2D eigenvalue weighted by Crippen LogP contribution is -2.10. The average molecular weight is 380 g/mol. The van der Waals surface area contributed by atoms with E-state index in [-0.39, 0.29) is 11.4 Å². The Balaban J connectivity index is 1.80. The Hall–Kier alpha value is -3.59. The monoisotopic (exact) mass is 380 g/mol. The molecule has 0 atom stereocenters. The minimum absolute atomic E-state index is 0.294. The summed E-state index contributed by atoms with van der Waals surface area (Å²) in [6.45, 7) is 1.12. The second-order valence-corrected chi connectivity index (χ2v) is 6.04. The van der Waals surface area contributed by atoms with Crippen molar-refractivity contribution < 1.29 is 9.13 Å². The highest BCUT2D eigenvalue weighted by atomic mass is 19.1. The maximum atomic E-state index is 13.7. The fraction of sp³-hybridized carbons (Fsp3) is 0.158. The molecule has 0 aliphatic carbocycles. The van der Waals surface area contributed by atoms with Crippen molar-refractivity contribution in [3.63, 3.8) is 0 Å². The maximum absolute atomic E-state index is 13.7. The van der Waals surface area contributed by atoms with Gasteiger partial charge in [-0.15, -0.1) is 0 Å². The Morgan fingerprint density at radius 2 is 2.07 bits per heavy atom. The minimum Gasteiger partial charge on any atom is -0.383 e. The van der Waals surface area contributed by atoms with E-state index in [2.05, 4.69) is 25.3 Å². The van der Waals surface area contributed by atoms with Crippen LogP contribution in [-0.4, -0.2) is 44.8 Å². The standard InChI is InChI=1S/C19H17FN6O2/c1-28-6-5-21-19-22-8-12(9-23-19)15-10-26(14-4-2-3-13(20)7-14)17-16(15)18(27)25-11-24-17/h2-4,7-11H,5-6H2,1H3,(H,21,22,23)(H,24,25,27). The summed E-state index contributed by atoms with van der Waals surface area (Å²) in [5, 5.41) is 3.42. The van der Waals surface area contributed by atoms with Gasteiger partial charge in [-0.3, -0.25) is 4.79 Å². The smallest absolute Gasteiger partial charge is 0.260 e. The summed E-state index contributed by atoms with van der Waals surface area (Å²) in [4.78, 5) is 27.9. The van der Waals surface area contributed by atoms with Gasteiger partial charge in [0, 0.05) is 49.1 Å². The molecule has 0 fully saturated rings. The van der Waals surface area contributed by atoms with Crippen molar-refractivity contribution in [3.05, 3.63) is 65.4 Å². The fourth-order valence-corrected chi connectivity index (χ4v) is 2.94. The summed E-state index contributed by atoms with van der Waals surface area (Å²) >= 11 is 0. The van der Waals surface area contributed by atoms with Crippen LogP contribution in [0.15, 0.2) is 54.0 Å². The number of H-pyrrole nitrogens is 1. The highest BCUT2D eigenvalue weighted by Crippen LogP contribution is 2.29. The quantitative estimate of drug-likeness (QED) is 0.499. The number of aromatic amines is 1. The molecule has 0 aliphatic rings. The van der Waals surface area contributed by atoms with Gasteiger partial charge in [0.05, 0.1) is 18.3 Å². The van der Waals surface area contributed by atoms with Crippen LogP contribution in [0.2, 0.25) is 0 Å². The Morgan fingerprint density at radius 1 is 1.25 bits per heavy atom. The third-order valence-electron chi connectivity index (χ3n) is 4.23. The number of fused-ring (bicyclic) bond motifs is 1. The van der Waals surface area contributed by atoms with Crippen molar-refractivity contribution in [1.29, 1.82) is 0 Å². The molecule has 0 radical (unpaired) electrons. The van der Waals surface area contributed by atoms with E-state index in [0.717, 1.165) is 0 Å². The molecule has 4 rings (SSSR count). The van der Waals surface area contributed by atoms with E-state index in [0.29, 0.717) is 46.9 Å². The summed E-state index contributed by atoms with van der Waals surface area (Å²) < 4.78 is 20.3. The Morgan fingerprint density at radius 3 is 2.82 bits per heavy atom. The first kappa shape index (κ1) is 17.8. The Kier molecular flexibility index (Phi) is 4.81. The van der Waals surface area contributed by atoms with Crippen LogP contribution in [0.5, 0.6) is 0 Å². The van der Waals surface area contributed by atoms with E-state index in [1.165, 1.54) is 18.5 Å². The summed E-state index contributed by atoms with van der Waals surface area (Å²) in [6.07, 6.45) is 6.31. The highest BCUT2D eigenvalue weighted by Gasteiger charge is 2.16.